The number of nitrogens with one attached hydrogen (secondary N) is 4. The fraction of sp³-hybridized carbons (Fsp3) is 0.597. The van der Waals surface area contributed by atoms with Crippen LogP contribution in [0.5, 0.6) is 0 Å². The van der Waals surface area contributed by atoms with Gasteiger partial charge in [0.25, 0.3) is 0 Å². The number of H-pyrrole nitrogens is 1. The Bertz CT molecular complexity index is 3510. The molecule has 16 atom stereocenters. The van der Waals surface area contributed by atoms with E-state index >= 15 is 0 Å². The second-order valence-corrected chi connectivity index (χ2v) is 44.0. The highest BCUT2D eigenvalue weighted by Crippen LogP contribution is 2.43. The number of aliphatic hydroxyl groups excluding tert-OH is 7. The lowest BCUT2D eigenvalue weighted by molar-refractivity contribution is -0.0709. The number of aromatic nitrogens is 3. The zero-order valence-corrected chi connectivity index (χ0v) is 59.0. The highest BCUT2D eigenvalue weighted by atomic mass is 31.2. The molecule has 7 aliphatic rings. The Hall–Kier alpha value is -4.61. The Kier molecular flexibility index (Phi) is 25.9. The van der Waals surface area contributed by atoms with Gasteiger partial charge in [-0.25, -0.2) is 9.79 Å². The lowest BCUT2D eigenvalue weighted by atomic mass is 10.1. The van der Waals surface area contributed by atoms with Crippen molar-refractivity contribution in [2.24, 2.45) is 22.0 Å². The smallest absolute Gasteiger partial charge is 0.331 e. The first-order valence-electron chi connectivity index (χ1n) is 30.2. The van der Waals surface area contributed by atoms with Crippen molar-refractivity contribution in [1.82, 2.24) is 39.5 Å². The number of aryl methyl sites for hydroxylation is 1. The molecule has 0 unspecified atom stereocenters. The summed E-state index contributed by atoms with van der Waals surface area (Å²) in [5.41, 5.74) is 1.35. The van der Waals surface area contributed by atoms with E-state index in [1.54, 1.807) is 43.3 Å². The number of aliphatic imine (C=N–C) groups is 2. The van der Waals surface area contributed by atoms with Crippen molar-refractivity contribution in [3.63, 3.8) is 0 Å². The van der Waals surface area contributed by atoms with Gasteiger partial charge in [-0.15, -0.1) is 52.7 Å². The number of hydrogen-bond donors (Lipinski definition) is 11. The minimum atomic E-state index is -1.25. The molecule has 0 aliphatic carbocycles. The van der Waals surface area contributed by atoms with Crippen LogP contribution in [-0.2, 0) is 30.7 Å². The van der Waals surface area contributed by atoms with E-state index < -0.39 is 119 Å². The van der Waals surface area contributed by atoms with Crippen LogP contribution in [-0.4, -0.2) is 293 Å². The van der Waals surface area contributed by atoms with Crippen molar-refractivity contribution in [3.05, 3.63) is 112 Å². The molecular formula is C62H104N12O13P4. The van der Waals surface area contributed by atoms with Gasteiger partial charge in [0, 0.05) is 64.0 Å². The lowest BCUT2D eigenvalue weighted by Crippen LogP contribution is -2.47. The van der Waals surface area contributed by atoms with E-state index in [0.29, 0.717) is 42.6 Å². The van der Waals surface area contributed by atoms with E-state index in [1.165, 1.54) is 23.9 Å². The fourth-order valence-corrected chi connectivity index (χ4v) is 14.7. The maximum atomic E-state index is 12.2. The van der Waals surface area contributed by atoms with Gasteiger partial charge in [-0.2, -0.15) is 0 Å². The van der Waals surface area contributed by atoms with Crippen LogP contribution in [0.4, 0.5) is 0 Å². The number of fused-ring (bicyclic) bond motifs is 1. The molecule has 25 nitrogen and oxygen atoms in total. The van der Waals surface area contributed by atoms with E-state index in [0.717, 1.165) is 57.9 Å². The normalized spacial score (nSPS) is 31.6. The van der Waals surface area contributed by atoms with Crippen molar-refractivity contribution in [2.75, 3.05) is 99.2 Å². The number of methoxy groups -OCH3 is 1. The van der Waals surface area contributed by atoms with Crippen LogP contribution in [0, 0.1) is 12.3 Å². The van der Waals surface area contributed by atoms with Crippen LogP contribution in [0.3, 0.4) is 0 Å². The van der Waals surface area contributed by atoms with Gasteiger partial charge >= 0.3 is 5.69 Å². The Morgan fingerprint density at radius 3 is 1.41 bits per heavy atom. The van der Waals surface area contributed by atoms with Crippen molar-refractivity contribution in [1.29, 1.82) is 5.41 Å². The largest absolute Gasteiger partial charge is 0.388 e. The molecule has 0 aromatic carbocycles. The Morgan fingerprint density at radius 1 is 0.615 bits per heavy atom. The minimum Gasteiger partial charge on any atom is -0.388 e. The number of aromatic amines is 1. The third-order valence-corrected chi connectivity index (χ3v) is 22.1. The van der Waals surface area contributed by atoms with Crippen LogP contribution in [0.15, 0.2) is 99.9 Å². The van der Waals surface area contributed by atoms with E-state index in [2.05, 4.69) is 129 Å². The van der Waals surface area contributed by atoms with Gasteiger partial charge < -0.3 is 89.7 Å². The third kappa shape index (κ3) is 20.0. The van der Waals surface area contributed by atoms with Crippen LogP contribution in [0.1, 0.15) is 37.6 Å². The number of ether oxygens (including phenoxy) is 5. The quantitative estimate of drug-likeness (QED) is 0.0983. The predicted octanol–water partition coefficient (Wildman–Crippen LogP) is 0.954. The van der Waals surface area contributed by atoms with Crippen LogP contribution in [0.2, 0.25) is 0 Å². The summed E-state index contributed by atoms with van der Waals surface area (Å²) in [5.74, 6) is 3.11. The number of rotatable bonds is 17. The molecule has 9 rings (SSSR count). The molecule has 0 saturated carbocycles. The molecule has 9 heterocycles. The number of hydrogen-bond acceptors (Lipinski definition) is 20. The molecule has 4 saturated heterocycles. The monoisotopic (exact) mass is 1350 g/mol. The molecule has 29 heteroatoms. The van der Waals surface area contributed by atoms with Gasteiger partial charge in [0.15, 0.2) is 24.9 Å². The molecule has 0 bridgehead atoms. The standard InChI is InChI=1S/C17H26N3O3P.C16H28N3O3P.C15H26N3O3P.C14H24N3O4P/c1-10-8-12-9-20(11(2)19-16(12)18-10)17-15(22)14(21)13(23-17)6-7-24(3,4)5;1-11-18-13(17-2)7-9-19(11)16-15(21-3)14(20)12(22-16)8-10-23(4,5)6;1-10-17-12(16-2)6-8-18(10)15-14(20)13(19)11(21-15)7-9-22(3,4)5;1-16-10(15)5-7-17(14(16)20)13-12(19)11(18)9(21-13)6-8-22(2,3)4/h8-9,13-15,17,21-22H,2-3,6-7H2,1,4-5H3,(H,18,19);7,9,12,14-16,20H,1,4,8,10H2,2-3,5-6H3,(H,17,18);6,8,11,13-15,19-20H,1,3,7,9H2,2,4-5H3,(H,16,17);5,7,9,11-13,15,18-19H,2,6,8H2,1,3-4H3/t13-,14-,15-,17-;12-,14-,15-,16-;11-,13-,14-,15-;9-,11-,12-,13-/m1111/s1. The first kappa shape index (κ1) is 75.4. The van der Waals surface area contributed by atoms with Crippen molar-refractivity contribution >= 4 is 70.6 Å². The van der Waals surface area contributed by atoms with Crippen molar-refractivity contribution in [2.45, 2.75) is 131 Å². The van der Waals surface area contributed by atoms with Crippen LogP contribution < -0.4 is 32.5 Å². The van der Waals surface area contributed by atoms with E-state index in [1.807, 2.05) is 36.4 Å². The van der Waals surface area contributed by atoms with Gasteiger partial charge in [-0.1, -0.05) is 19.7 Å². The average molecular weight is 1350 g/mol. The first-order chi connectivity index (χ1) is 42.3. The average Bonchev–Trinajstić information content (AvgIpc) is 1.70. The molecule has 0 spiro atoms. The van der Waals surface area contributed by atoms with Gasteiger partial charge in [-0.05, 0) is 135 Å². The molecule has 11 N–H and O–H groups in total. The second-order valence-electron chi connectivity index (χ2n) is 26.8. The van der Waals surface area contributed by atoms with Crippen molar-refractivity contribution in [3.8, 4) is 0 Å². The second kappa shape index (κ2) is 31.3. The summed E-state index contributed by atoms with van der Waals surface area (Å²) in [7, 11) is 6.46. The Balaban J connectivity index is 0.000000193. The lowest BCUT2D eigenvalue weighted by Gasteiger charge is -2.34. The predicted molar refractivity (Wildman–Crippen MR) is 375 cm³/mol. The molecule has 0 amide bonds. The van der Waals surface area contributed by atoms with Gasteiger partial charge in [-0.3, -0.25) is 24.5 Å². The zero-order chi connectivity index (χ0) is 68.0. The molecule has 2 aromatic rings. The van der Waals surface area contributed by atoms with E-state index in [9.17, 15) is 40.5 Å². The molecule has 510 valence electrons. The van der Waals surface area contributed by atoms with Gasteiger partial charge in [0.1, 0.15) is 88.9 Å². The van der Waals surface area contributed by atoms with Crippen LogP contribution >= 0.6 is 27.5 Å². The molecular weight excluding hydrogens is 1240 g/mol. The summed E-state index contributed by atoms with van der Waals surface area (Å²) in [5, 5.41) is 86.8. The number of nitrogens with zero attached hydrogens (tertiary/aromatic N) is 8. The summed E-state index contributed by atoms with van der Waals surface area (Å²) < 4.78 is 31.5. The van der Waals surface area contributed by atoms with E-state index in [4.69, 9.17) is 29.1 Å². The maximum absolute atomic E-state index is 12.2. The van der Waals surface area contributed by atoms with Gasteiger partial charge in [0.05, 0.1) is 24.4 Å². The van der Waals surface area contributed by atoms with Gasteiger partial charge in [0.2, 0.25) is 0 Å². The number of amidine groups is 2. The summed E-state index contributed by atoms with van der Waals surface area (Å²) in [6.07, 6.45) is 22.2. The Labute approximate surface area is 537 Å². The third-order valence-electron chi connectivity index (χ3n) is 16.2. The Morgan fingerprint density at radius 2 is 1.00 bits per heavy atom. The molecule has 91 heavy (non-hydrogen) atoms. The highest BCUT2D eigenvalue weighted by molar-refractivity contribution is 7.73. The molecule has 7 aliphatic heterocycles. The number of aliphatic hydroxyl groups is 7. The summed E-state index contributed by atoms with van der Waals surface area (Å²) in [6, 6.07) is 3.42. The first-order valence-corrected chi connectivity index (χ1v) is 42.4. The zero-order valence-electron chi connectivity index (χ0n) is 55.4. The molecule has 2 aromatic heterocycles. The highest BCUT2D eigenvalue weighted by Gasteiger charge is 2.49. The summed E-state index contributed by atoms with van der Waals surface area (Å²) >= 11 is 0. The van der Waals surface area contributed by atoms with E-state index in [-0.39, 0.29) is 17.7 Å². The maximum Gasteiger partial charge on any atom is 0.331 e. The van der Waals surface area contributed by atoms with Crippen LogP contribution in [0.25, 0.3) is 6.20 Å². The molecule has 0 radical (unpaired) electrons. The fourth-order valence-electron chi connectivity index (χ4n) is 10.9. The summed E-state index contributed by atoms with van der Waals surface area (Å²) in [6.45, 7) is 26.2. The minimum absolute atomic E-state index is 0.0643. The summed E-state index contributed by atoms with van der Waals surface area (Å²) in [4.78, 5) is 33.1. The molecule has 4 fully saturated rings. The SMILES string of the molecule is C=C1N=c2[nH]c(C)cc2=CN1[C@@H]1O[C@H](CCP(=C)(C)C)[C@@H](O)[C@H]1O.C=C1NC(=NC)C=CN1[C@@H]1O[C@H](CCP(=C)(C)C)[C@@H](O)[C@H]1O.C=C1NC(=NC)C=CN1[C@@H]1O[C@H](CCP(=C)(C)C)[C@@H](O)[C@H]1OC.C=P(C)(C)CC[C@H]1O[C@@H](n2ccc(=N)n(C)c2=O)[C@H](O)[C@@H]1O. The topological polar surface area (TPSA) is 325 Å². The van der Waals surface area contributed by atoms with Crippen molar-refractivity contribution < 1.29 is 59.4 Å².